The third-order valence-corrected chi connectivity index (χ3v) is 3.31. The standard InChI is InChI=1S/C15H13NO3/c1-15(18,10-6-3-2-4-7-10)11-8-5-9-12-13(11)19-14(17)16-12/h2-9,18H,1H3,(H,16,17). The van der Waals surface area contributed by atoms with E-state index < -0.39 is 11.4 Å². The molecule has 1 unspecified atom stereocenters. The maximum absolute atomic E-state index is 11.3. The van der Waals surface area contributed by atoms with Crippen molar-refractivity contribution in [2.24, 2.45) is 0 Å². The Bertz CT molecular complexity index is 769. The molecule has 0 radical (unpaired) electrons. The third-order valence-electron chi connectivity index (χ3n) is 3.31. The van der Waals surface area contributed by atoms with Crippen molar-refractivity contribution >= 4 is 11.1 Å². The first kappa shape index (κ1) is 11.7. The van der Waals surface area contributed by atoms with Gasteiger partial charge in [-0.1, -0.05) is 42.5 Å². The second kappa shape index (κ2) is 4.10. The Morgan fingerprint density at radius 1 is 1.11 bits per heavy atom. The van der Waals surface area contributed by atoms with Gasteiger partial charge in [0.05, 0.1) is 5.52 Å². The van der Waals surface area contributed by atoms with E-state index in [-0.39, 0.29) is 0 Å². The zero-order chi connectivity index (χ0) is 13.5. The molecular weight excluding hydrogens is 242 g/mol. The van der Waals surface area contributed by atoms with Crippen molar-refractivity contribution in [2.45, 2.75) is 12.5 Å². The summed E-state index contributed by atoms with van der Waals surface area (Å²) in [5, 5.41) is 10.8. The molecule has 1 aromatic heterocycles. The Morgan fingerprint density at radius 3 is 2.58 bits per heavy atom. The second-order valence-electron chi connectivity index (χ2n) is 4.64. The van der Waals surface area contributed by atoms with Crippen LogP contribution < -0.4 is 5.76 Å². The van der Waals surface area contributed by atoms with Gasteiger partial charge >= 0.3 is 5.76 Å². The number of nitrogens with one attached hydrogen (secondary N) is 1. The lowest BCUT2D eigenvalue weighted by atomic mass is 9.88. The van der Waals surface area contributed by atoms with Crippen LogP contribution in [0.15, 0.2) is 57.7 Å². The SMILES string of the molecule is CC(O)(c1ccccc1)c1cccc2[nH]c(=O)oc12. The molecule has 3 rings (SSSR count). The molecule has 0 aliphatic carbocycles. The summed E-state index contributed by atoms with van der Waals surface area (Å²) in [7, 11) is 0. The highest BCUT2D eigenvalue weighted by molar-refractivity contribution is 5.77. The minimum Gasteiger partial charge on any atom is -0.407 e. The lowest BCUT2D eigenvalue weighted by Gasteiger charge is -2.24. The summed E-state index contributed by atoms with van der Waals surface area (Å²) in [5.41, 5.74) is 1.06. The van der Waals surface area contributed by atoms with Gasteiger partial charge in [-0.3, -0.25) is 4.98 Å². The molecule has 96 valence electrons. The van der Waals surface area contributed by atoms with E-state index in [9.17, 15) is 9.90 Å². The average Bonchev–Trinajstić information content (AvgIpc) is 2.79. The summed E-state index contributed by atoms with van der Waals surface area (Å²) in [4.78, 5) is 13.9. The van der Waals surface area contributed by atoms with Crippen molar-refractivity contribution in [2.75, 3.05) is 0 Å². The number of fused-ring (bicyclic) bond motifs is 1. The first-order chi connectivity index (χ1) is 9.09. The van der Waals surface area contributed by atoms with Crippen LogP contribution in [0.3, 0.4) is 0 Å². The summed E-state index contributed by atoms with van der Waals surface area (Å²) in [6.45, 7) is 1.68. The van der Waals surface area contributed by atoms with Crippen LogP contribution in [-0.2, 0) is 5.60 Å². The number of H-pyrrole nitrogens is 1. The van der Waals surface area contributed by atoms with Crippen LogP contribution in [0, 0.1) is 0 Å². The molecule has 0 spiro atoms. The van der Waals surface area contributed by atoms with Gasteiger partial charge in [0.25, 0.3) is 0 Å². The van der Waals surface area contributed by atoms with Gasteiger partial charge in [-0.2, -0.15) is 0 Å². The molecule has 0 bridgehead atoms. The molecule has 2 aromatic carbocycles. The average molecular weight is 255 g/mol. The first-order valence-corrected chi connectivity index (χ1v) is 5.99. The number of oxazole rings is 1. The zero-order valence-electron chi connectivity index (χ0n) is 10.4. The van der Waals surface area contributed by atoms with Crippen LogP contribution in [0.1, 0.15) is 18.1 Å². The van der Waals surface area contributed by atoms with E-state index >= 15 is 0 Å². The molecule has 0 amide bonds. The minimum atomic E-state index is -1.22. The molecule has 1 atom stereocenters. The van der Waals surface area contributed by atoms with Crippen molar-refractivity contribution < 1.29 is 9.52 Å². The summed E-state index contributed by atoms with van der Waals surface area (Å²) >= 11 is 0. The number of aromatic nitrogens is 1. The summed E-state index contributed by atoms with van der Waals surface area (Å²) in [6.07, 6.45) is 0. The van der Waals surface area contributed by atoms with Crippen molar-refractivity contribution in [1.82, 2.24) is 4.98 Å². The third kappa shape index (κ3) is 1.86. The van der Waals surface area contributed by atoms with Crippen LogP contribution in [0.2, 0.25) is 0 Å². The van der Waals surface area contributed by atoms with E-state index in [1.807, 2.05) is 30.3 Å². The fraction of sp³-hybridized carbons (Fsp3) is 0.133. The topological polar surface area (TPSA) is 66.2 Å². The van der Waals surface area contributed by atoms with Gasteiger partial charge in [-0.05, 0) is 18.6 Å². The molecule has 4 heteroatoms. The number of hydrogen-bond donors (Lipinski definition) is 2. The first-order valence-electron chi connectivity index (χ1n) is 5.99. The van der Waals surface area contributed by atoms with Gasteiger partial charge in [0, 0.05) is 5.56 Å². The number of hydrogen-bond acceptors (Lipinski definition) is 3. The summed E-state index contributed by atoms with van der Waals surface area (Å²) in [5.74, 6) is -0.522. The van der Waals surface area contributed by atoms with Crippen LogP contribution in [-0.4, -0.2) is 10.1 Å². The van der Waals surface area contributed by atoms with E-state index in [0.29, 0.717) is 16.7 Å². The van der Waals surface area contributed by atoms with E-state index in [1.165, 1.54) is 0 Å². The molecule has 4 nitrogen and oxygen atoms in total. The Balaban J connectivity index is 2.26. The van der Waals surface area contributed by atoms with E-state index in [2.05, 4.69) is 4.98 Å². The van der Waals surface area contributed by atoms with E-state index in [4.69, 9.17) is 4.42 Å². The summed E-state index contributed by atoms with van der Waals surface area (Å²) in [6, 6.07) is 14.6. The van der Waals surface area contributed by atoms with Crippen LogP contribution in [0.5, 0.6) is 0 Å². The highest BCUT2D eigenvalue weighted by Crippen LogP contribution is 2.33. The van der Waals surface area contributed by atoms with Crippen molar-refractivity contribution in [1.29, 1.82) is 0 Å². The minimum absolute atomic E-state index is 0.390. The molecule has 0 saturated heterocycles. The fourth-order valence-electron chi connectivity index (χ4n) is 2.28. The largest absolute Gasteiger partial charge is 0.417 e. The number of rotatable bonds is 2. The maximum Gasteiger partial charge on any atom is 0.417 e. The van der Waals surface area contributed by atoms with E-state index in [0.717, 1.165) is 5.56 Å². The Labute approximate surface area is 109 Å². The van der Waals surface area contributed by atoms with Gasteiger partial charge in [-0.25, -0.2) is 4.79 Å². The molecule has 0 aliphatic heterocycles. The lowest BCUT2D eigenvalue weighted by Crippen LogP contribution is -2.22. The Hall–Kier alpha value is -2.33. The monoisotopic (exact) mass is 255 g/mol. The van der Waals surface area contributed by atoms with E-state index in [1.54, 1.807) is 25.1 Å². The molecular formula is C15H13NO3. The van der Waals surface area contributed by atoms with Gasteiger partial charge in [0.2, 0.25) is 0 Å². The van der Waals surface area contributed by atoms with Gasteiger partial charge in [-0.15, -0.1) is 0 Å². The number of aliphatic hydroxyl groups is 1. The fourth-order valence-corrected chi connectivity index (χ4v) is 2.28. The highest BCUT2D eigenvalue weighted by atomic mass is 16.4. The van der Waals surface area contributed by atoms with Crippen LogP contribution in [0.25, 0.3) is 11.1 Å². The Morgan fingerprint density at radius 2 is 1.84 bits per heavy atom. The molecule has 1 heterocycles. The van der Waals surface area contributed by atoms with Gasteiger partial charge in [0.15, 0.2) is 5.58 Å². The molecule has 0 aliphatic rings. The quantitative estimate of drug-likeness (QED) is 0.738. The highest BCUT2D eigenvalue weighted by Gasteiger charge is 2.29. The predicted molar refractivity (Wildman–Crippen MR) is 71.9 cm³/mol. The lowest BCUT2D eigenvalue weighted by molar-refractivity contribution is 0.103. The van der Waals surface area contributed by atoms with Crippen LogP contribution in [0.4, 0.5) is 0 Å². The molecule has 0 saturated carbocycles. The molecule has 2 N–H and O–H groups in total. The molecule has 0 fully saturated rings. The van der Waals surface area contributed by atoms with Crippen LogP contribution >= 0.6 is 0 Å². The molecule has 3 aromatic rings. The Kier molecular flexibility index (Phi) is 2.54. The zero-order valence-corrected chi connectivity index (χ0v) is 10.4. The number of aromatic amines is 1. The van der Waals surface area contributed by atoms with Crippen molar-refractivity contribution in [3.05, 3.63) is 70.2 Å². The second-order valence-corrected chi connectivity index (χ2v) is 4.64. The van der Waals surface area contributed by atoms with Gasteiger partial charge < -0.3 is 9.52 Å². The predicted octanol–water partition coefficient (Wildman–Crippen LogP) is 2.38. The normalized spacial score (nSPS) is 14.4. The number of benzene rings is 2. The molecule has 19 heavy (non-hydrogen) atoms. The van der Waals surface area contributed by atoms with Crippen molar-refractivity contribution in [3.63, 3.8) is 0 Å². The maximum atomic E-state index is 11.3. The summed E-state index contributed by atoms with van der Waals surface area (Å²) < 4.78 is 5.14. The smallest absolute Gasteiger partial charge is 0.407 e. The van der Waals surface area contributed by atoms with Gasteiger partial charge in [0.1, 0.15) is 5.60 Å². The number of para-hydroxylation sites is 1. The van der Waals surface area contributed by atoms with Crippen molar-refractivity contribution in [3.8, 4) is 0 Å².